The van der Waals surface area contributed by atoms with Crippen LogP contribution in [0.2, 0.25) is 0 Å². The number of rotatable bonds is 7. The van der Waals surface area contributed by atoms with E-state index in [1.54, 1.807) is 12.1 Å². The molecule has 0 unspecified atom stereocenters. The Hall–Kier alpha value is -2.15. The number of aromatic nitrogens is 2. The van der Waals surface area contributed by atoms with E-state index in [0.717, 1.165) is 5.56 Å². The van der Waals surface area contributed by atoms with Crippen molar-refractivity contribution in [2.45, 2.75) is 49.4 Å². The number of amides is 1. The number of hydrogen-bond donors (Lipinski definition) is 2. The van der Waals surface area contributed by atoms with Gasteiger partial charge in [-0.15, -0.1) is 0 Å². The number of nitrogens with one attached hydrogen (secondary N) is 2. The summed E-state index contributed by atoms with van der Waals surface area (Å²) >= 11 is 1.35. The predicted molar refractivity (Wildman–Crippen MR) is 104 cm³/mol. The van der Waals surface area contributed by atoms with Crippen LogP contribution in [0, 0.1) is 11.7 Å². The van der Waals surface area contributed by atoms with E-state index >= 15 is 0 Å². The molecule has 1 aliphatic carbocycles. The molecule has 144 valence electrons. The van der Waals surface area contributed by atoms with Gasteiger partial charge in [-0.2, -0.15) is 0 Å². The number of hydrogen-bond acceptors (Lipinski definition) is 4. The Morgan fingerprint density at radius 1 is 1.22 bits per heavy atom. The van der Waals surface area contributed by atoms with Gasteiger partial charge in [-0.05, 0) is 36.5 Å². The lowest BCUT2D eigenvalue weighted by atomic mass is 9.89. The van der Waals surface area contributed by atoms with Crippen LogP contribution in [-0.4, -0.2) is 22.4 Å². The molecule has 1 heterocycles. The standard InChI is InChI=1S/C20H24FN3O2S/c21-16-8-6-15(7-9-16)13-27-20-23-17(11-19(26)24-20)10-18(25)22-12-14-4-2-1-3-5-14/h6-9,11,14H,1-5,10,12-13H2,(H,22,25)(H,23,24,26). The first-order valence-corrected chi connectivity index (χ1v) is 10.3. The molecule has 1 amide bonds. The van der Waals surface area contributed by atoms with Crippen LogP contribution < -0.4 is 10.9 Å². The summed E-state index contributed by atoms with van der Waals surface area (Å²) in [5.41, 5.74) is 1.11. The zero-order valence-electron chi connectivity index (χ0n) is 15.2. The van der Waals surface area contributed by atoms with Crippen LogP contribution in [-0.2, 0) is 17.0 Å². The second-order valence-corrected chi connectivity index (χ2v) is 7.91. The highest BCUT2D eigenvalue weighted by molar-refractivity contribution is 7.98. The van der Waals surface area contributed by atoms with E-state index in [1.807, 2.05) is 0 Å². The van der Waals surface area contributed by atoms with Gasteiger partial charge in [-0.3, -0.25) is 9.59 Å². The van der Waals surface area contributed by atoms with E-state index in [2.05, 4.69) is 15.3 Å². The molecule has 7 heteroatoms. The molecular weight excluding hydrogens is 365 g/mol. The minimum absolute atomic E-state index is 0.0980. The molecule has 0 spiro atoms. The van der Waals surface area contributed by atoms with Gasteiger partial charge in [-0.1, -0.05) is 43.2 Å². The van der Waals surface area contributed by atoms with Crippen LogP contribution in [0.4, 0.5) is 4.39 Å². The SMILES string of the molecule is O=C(Cc1cc(=O)[nH]c(SCc2ccc(F)cc2)n1)NCC1CCCCC1. The van der Waals surface area contributed by atoms with Crippen molar-refractivity contribution in [3.63, 3.8) is 0 Å². The first-order valence-electron chi connectivity index (χ1n) is 9.32. The Labute approximate surface area is 162 Å². The van der Waals surface area contributed by atoms with E-state index < -0.39 is 0 Å². The normalized spacial score (nSPS) is 14.9. The molecule has 2 N–H and O–H groups in total. The number of aromatic amines is 1. The fourth-order valence-electron chi connectivity index (χ4n) is 3.25. The van der Waals surface area contributed by atoms with Gasteiger partial charge in [0.25, 0.3) is 5.56 Å². The lowest BCUT2D eigenvalue weighted by Gasteiger charge is -2.21. The third-order valence-electron chi connectivity index (χ3n) is 4.72. The zero-order valence-corrected chi connectivity index (χ0v) is 16.0. The van der Waals surface area contributed by atoms with Gasteiger partial charge in [0, 0.05) is 18.4 Å². The molecular formula is C20H24FN3O2S. The van der Waals surface area contributed by atoms with E-state index in [1.165, 1.54) is 62.1 Å². The Balaban J connectivity index is 1.53. The second kappa shape index (κ2) is 9.69. The molecule has 0 atom stereocenters. The molecule has 1 aromatic heterocycles. The average Bonchev–Trinajstić information content (AvgIpc) is 2.66. The van der Waals surface area contributed by atoms with Gasteiger partial charge >= 0.3 is 0 Å². The van der Waals surface area contributed by atoms with Gasteiger partial charge in [-0.25, -0.2) is 9.37 Å². The Bertz CT molecular complexity index is 817. The quantitative estimate of drug-likeness (QED) is 0.562. The molecule has 1 aliphatic rings. The maximum Gasteiger partial charge on any atom is 0.251 e. The van der Waals surface area contributed by atoms with Crippen molar-refractivity contribution in [3.8, 4) is 0 Å². The summed E-state index contributed by atoms with van der Waals surface area (Å²) in [6.45, 7) is 0.703. The highest BCUT2D eigenvalue weighted by atomic mass is 32.2. The van der Waals surface area contributed by atoms with Crippen molar-refractivity contribution < 1.29 is 9.18 Å². The molecule has 0 radical (unpaired) electrons. The number of H-pyrrole nitrogens is 1. The van der Waals surface area contributed by atoms with Crippen LogP contribution in [0.5, 0.6) is 0 Å². The fourth-order valence-corrected chi connectivity index (χ4v) is 4.10. The number of thioether (sulfide) groups is 1. The van der Waals surface area contributed by atoms with E-state index in [9.17, 15) is 14.0 Å². The third kappa shape index (κ3) is 6.50. The van der Waals surface area contributed by atoms with Gasteiger partial charge in [0.1, 0.15) is 5.82 Å². The van der Waals surface area contributed by atoms with Crippen LogP contribution >= 0.6 is 11.8 Å². The monoisotopic (exact) mass is 389 g/mol. The summed E-state index contributed by atoms with van der Waals surface area (Å²) in [6.07, 6.45) is 6.22. The first kappa shape index (κ1) is 19.6. The number of benzene rings is 1. The Kier molecular flexibility index (Phi) is 7.04. The molecule has 2 aromatic rings. The molecule has 0 aliphatic heterocycles. The Morgan fingerprint density at radius 3 is 2.70 bits per heavy atom. The van der Waals surface area contributed by atoms with Gasteiger partial charge in [0.15, 0.2) is 5.16 Å². The summed E-state index contributed by atoms with van der Waals surface area (Å²) < 4.78 is 13.0. The zero-order chi connectivity index (χ0) is 19.1. The third-order valence-corrected chi connectivity index (χ3v) is 5.66. The molecule has 27 heavy (non-hydrogen) atoms. The average molecular weight is 389 g/mol. The lowest BCUT2D eigenvalue weighted by Crippen LogP contribution is -2.31. The topological polar surface area (TPSA) is 74.8 Å². The van der Waals surface area contributed by atoms with E-state index in [4.69, 9.17) is 0 Å². The van der Waals surface area contributed by atoms with Crippen LogP contribution in [0.15, 0.2) is 40.3 Å². The van der Waals surface area contributed by atoms with E-state index in [0.29, 0.717) is 29.1 Å². The molecule has 3 rings (SSSR count). The van der Waals surface area contributed by atoms with Crippen LogP contribution in [0.3, 0.4) is 0 Å². The minimum atomic E-state index is -0.281. The summed E-state index contributed by atoms with van der Waals surface area (Å²) in [7, 11) is 0. The first-order chi connectivity index (χ1) is 13.1. The minimum Gasteiger partial charge on any atom is -0.355 e. The van der Waals surface area contributed by atoms with Crippen molar-refractivity contribution in [1.29, 1.82) is 0 Å². The molecule has 0 bridgehead atoms. The van der Waals surface area contributed by atoms with Crippen molar-refractivity contribution in [3.05, 3.63) is 57.8 Å². The number of carbonyl (C=O) groups is 1. The van der Waals surface area contributed by atoms with Crippen molar-refractivity contribution in [2.24, 2.45) is 5.92 Å². The molecule has 1 aromatic carbocycles. The predicted octanol–water partition coefficient (Wildman–Crippen LogP) is 3.44. The summed E-state index contributed by atoms with van der Waals surface area (Å²) in [4.78, 5) is 31.1. The van der Waals surface area contributed by atoms with Crippen molar-refractivity contribution in [2.75, 3.05) is 6.54 Å². The highest BCUT2D eigenvalue weighted by Gasteiger charge is 2.15. The smallest absolute Gasteiger partial charge is 0.251 e. The maximum atomic E-state index is 13.0. The maximum absolute atomic E-state index is 13.0. The van der Waals surface area contributed by atoms with Crippen molar-refractivity contribution >= 4 is 17.7 Å². The number of halogens is 1. The van der Waals surface area contributed by atoms with Crippen molar-refractivity contribution in [1.82, 2.24) is 15.3 Å². The molecule has 0 saturated heterocycles. The number of carbonyl (C=O) groups excluding carboxylic acids is 1. The number of nitrogens with zero attached hydrogens (tertiary/aromatic N) is 1. The largest absolute Gasteiger partial charge is 0.355 e. The second-order valence-electron chi connectivity index (χ2n) is 6.94. The van der Waals surface area contributed by atoms with Crippen LogP contribution in [0.1, 0.15) is 43.4 Å². The lowest BCUT2D eigenvalue weighted by molar-refractivity contribution is -0.120. The Morgan fingerprint density at radius 2 is 1.96 bits per heavy atom. The summed E-state index contributed by atoms with van der Waals surface area (Å²) in [5.74, 6) is 0.738. The van der Waals surface area contributed by atoms with Gasteiger partial charge in [0.2, 0.25) is 5.91 Å². The summed E-state index contributed by atoms with van der Waals surface area (Å²) in [5, 5.41) is 3.43. The summed E-state index contributed by atoms with van der Waals surface area (Å²) in [6, 6.07) is 7.56. The molecule has 5 nitrogen and oxygen atoms in total. The van der Waals surface area contributed by atoms with Gasteiger partial charge in [0.05, 0.1) is 12.1 Å². The van der Waals surface area contributed by atoms with Gasteiger partial charge < -0.3 is 10.3 Å². The molecule has 1 saturated carbocycles. The molecule has 1 fully saturated rings. The highest BCUT2D eigenvalue weighted by Crippen LogP contribution is 2.22. The van der Waals surface area contributed by atoms with E-state index in [-0.39, 0.29) is 23.7 Å². The van der Waals surface area contributed by atoms with Crippen LogP contribution in [0.25, 0.3) is 0 Å². The fraction of sp³-hybridized carbons (Fsp3) is 0.450.